The highest BCUT2D eigenvalue weighted by Crippen LogP contribution is 2.25. The van der Waals surface area contributed by atoms with E-state index in [0.717, 1.165) is 15.8 Å². The minimum atomic E-state index is -0.116. The lowest BCUT2D eigenvalue weighted by Crippen LogP contribution is -2.26. The molecule has 1 aromatic carbocycles. The highest BCUT2D eigenvalue weighted by atomic mass is 79.9. The number of carbonyl (C=O) groups is 1. The van der Waals surface area contributed by atoms with Gasteiger partial charge in [0.15, 0.2) is 0 Å². The molecule has 0 bridgehead atoms. The van der Waals surface area contributed by atoms with Gasteiger partial charge in [0.2, 0.25) is 5.91 Å². The Kier molecular flexibility index (Phi) is 5.44. The number of rotatable bonds is 5. The zero-order valence-electron chi connectivity index (χ0n) is 9.94. The van der Waals surface area contributed by atoms with E-state index in [-0.39, 0.29) is 18.9 Å². The van der Waals surface area contributed by atoms with Crippen LogP contribution in [0.4, 0.5) is 0 Å². The van der Waals surface area contributed by atoms with E-state index in [1.165, 1.54) is 0 Å². The summed E-state index contributed by atoms with van der Waals surface area (Å²) < 4.78 is 5.99. The molecule has 17 heavy (non-hydrogen) atoms. The van der Waals surface area contributed by atoms with E-state index in [1.807, 2.05) is 18.2 Å². The molecule has 1 rings (SSSR count). The Hall–Kier alpha value is -1.07. The van der Waals surface area contributed by atoms with E-state index >= 15 is 0 Å². The third-order valence-corrected chi connectivity index (χ3v) is 3.01. The van der Waals surface area contributed by atoms with Crippen LogP contribution < -0.4 is 4.74 Å². The molecule has 1 N–H and O–H groups in total. The van der Waals surface area contributed by atoms with Crippen molar-refractivity contribution in [3.8, 4) is 5.75 Å². The first-order valence-electron chi connectivity index (χ1n) is 5.25. The van der Waals surface area contributed by atoms with E-state index in [9.17, 15) is 4.79 Å². The summed E-state index contributed by atoms with van der Waals surface area (Å²) >= 11 is 3.40. The summed E-state index contributed by atoms with van der Waals surface area (Å²) in [5.74, 6) is 0.692. The first-order chi connectivity index (χ1) is 8.08. The zero-order valence-corrected chi connectivity index (χ0v) is 11.5. The van der Waals surface area contributed by atoms with Crippen LogP contribution in [0.2, 0.25) is 0 Å². The fourth-order valence-corrected chi connectivity index (χ4v) is 2.04. The van der Waals surface area contributed by atoms with Crippen molar-refractivity contribution in [3.63, 3.8) is 0 Å². The fourth-order valence-electron chi connectivity index (χ4n) is 1.46. The number of methoxy groups -OCH3 is 1. The Morgan fingerprint density at radius 3 is 2.76 bits per heavy atom. The van der Waals surface area contributed by atoms with Gasteiger partial charge in [-0.05, 0) is 33.6 Å². The summed E-state index contributed by atoms with van der Waals surface area (Å²) in [4.78, 5) is 13.1. The minimum Gasteiger partial charge on any atom is -0.496 e. The molecule has 1 amide bonds. The average molecular weight is 302 g/mol. The van der Waals surface area contributed by atoms with Crippen LogP contribution in [0.1, 0.15) is 12.0 Å². The monoisotopic (exact) mass is 301 g/mol. The second kappa shape index (κ2) is 6.61. The van der Waals surface area contributed by atoms with Crippen molar-refractivity contribution >= 4 is 21.8 Å². The zero-order chi connectivity index (χ0) is 12.8. The maximum absolute atomic E-state index is 11.5. The standard InChI is InChI=1S/C12H16BrNO3/c1-14(12(16)5-6-15)8-9-3-4-11(17-2)10(13)7-9/h3-4,7,15H,5-6,8H2,1-2H3. The lowest BCUT2D eigenvalue weighted by atomic mass is 10.2. The van der Waals surface area contributed by atoms with Gasteiger partial charge < -0.3 is 14.7 Å². The molecule has 0 spiro atoms. The van der Waals surface area contributed by atoms with Gasteiger partial charge in [0.05, 0.1) is 18.2 Å². The number of ether oxygens (including phenoxy) is 1. The van der Waals surface area contributed by atoms with Gasteiger partial charge in [-0.1, -0.05) is 6.07 Å². The highest BCUT2D eigenvalue weighted by Gasteiger charge is 2.09. The molecule has 0 heterocycles. The van der Waals surface area contributed by atoms with Gasteiger partial charge in [0, 0.05) is 20.0 Å². The third-order valence-electron chi connectivity index (χ3n) is 2.39. The predicted molar refractivity (Wildman–Crippen MR) is 68.9 cm³/mol. The smallest absolute Gasteiger partial charge is 0.224 e. The Morgan fingerprint density at radius 2 is 2.24 bits per heavy atom. The summed E-state index contributed by atoms with van der Waals surface area (Å²) in [7, 11) is 3.33. The maximum Gasteiger partial charge on any atom is 0.224 e. The third kappa shape index (κ3) is 4.02. The Morgan fingerprint density at radius 1 is 1.53 bits per heavy atom. The molecule has 0 saturated heterocycles. The van der Waals surface area contributed by atoms with E-state index in [0.29, 0.717) is 6.54 Å². The number of hydrogen-bond donors (Lipinski definition) is 1. The number of benzene rings is 1. The van der Waals surface area contributed by atoms with Crippen LogP contribution in [-0.2, 0) is 11.3 Å². The van der Waals surface area contributed by atoms with E-state index < -0.39 is 0 Å². The van der Waals surface area contributed by atoms with Gasteiger partial charge in [-0.15, -0.1) is 0 Å². The van der Waals surface area contributed by atoms with Gasteiger partial charge >= 0.3 is 0 Å². The Bertz CT molecular complexity index is 395. The number of aliphatic hydroxyl groups excluding tert-OH is 1. The topological polar surface area (TPSA) is 49.8 Å². The van der Waals surface area contributed by atoms with Crippen LogP contribution in [0.3, 0.4) is 0 Å². The molecule has 0 unspecified atom stereocenters. The largest absolute Gasteiger partial charge is 0.496 e. The average Bonchev–Trinajstić information content (AvgIpc) is 2.29. The van der Waals surface area contributed by atoms with Crippen molar-refractivity contribution in [2.24, 2.45) is 0 Å². The van der Waals surface area contributed by atoms with Crippen LogP contribution in [0, 0.1) is 0 Å². The normalized spacial score (nSPS) is 10.1. The van der Waals surface area contributed by atoms with E-state index in [2.05, 4.69) is 15.9 Å². The molecule has 0 aliphatic heterocycles. The van der Waals surface area contributed by atoms with Gasteiger partial charge in [0.25, 0.3) is 0 Å². The SMILES string of the molecule is COc1ccc(CN(C)C(=O)CCO)cc1Br. The molecule has 0 atom stereocenters. The Balaban J connectivity index is 2.68. The van der Waals surface area contributed by atoms with Crippen molar-refractivity contribution in [1.82, 2.24) is 4.90 Å². The van der Waals surface area contributed by atoms with Crippen molar-refractivity contribution in [3.05, 3.63) is 28.2 Å². The first-order valence-corrected chi connectivity index (χ1v) is 6.05. The lowest BCUT2D eigenvalue weighted by Gasteiger charge is -2.17. The van der Waals surface area contributed by atoms with Crippen LogP contribution in [0.25, 0.3) is 0 Å². The summed E-state index contributed by atoms with van der Waals surface area (Å²) in [5, 5.41) is 8.69. The molecule has 0 fully saturated rings. The Labute approximate surface area is 109 Å². The highest BCUT2D eigenvalue weighted by molar-refractivity contribution is 9.10. The molecule has 1 aromatic rings. The fraction of sp³-hybridized carbons (Fsp3) is 0.417. The van der Waals surface area contributed by atoms with Crippen LogP contribution in [-0.4, -0.2) is 36.7 Å². The van der Waals surface area contributed by atoms with Crippen molar-refractivity contribution in [1.29, 1.82) is 0 Å². The molecular formula is C12H16BrNO3. The van der Waals surface area contributed by atoms with Crippen molar-refractivity contribution < 1.29 is 14.6 Å². The van der Waals surface area contributed by atoms with Gasteiger partial charge in [-0.2, -0.15) is 0 Å². The number of aliphatic hydroxyl groups is 1. The summed E-state index contributed by atoms with van der Waals surface area (Å²) in [6.45, 7) is 0.400. The maximum atomic E-state index is 11.5. The summed E-state index contributed by atoms with van der Waals surface area (Å²) in [6.07, 6.45) is 0.161. The molecule has 0 saturated carbocycles. The van der Waals surface area contributed by atoms with Crippen molar-refractivity contribution in [2.45, 2.75) is 13.0 Å². The molecule has 4 nitrogen and oxygen atoms in total. The minimum absolute atomic E-state index is 0.0700. The second-order valence-electron chi connectivity index (χ2n) is 3.69. The van der Waals surface area contributed by atoms with Gasteiger partial charge in [0.1, 0.15) is 5.75 Å². The molecular weight excluding hydrogens is 286 g/mol. The summed E-state index contributed by atoms with van der Waals surface area (Å²) in [5.41, 5.74) is 1.01. The van der Waals surface area contributed by atoms with Gasteiger partial charge in [-0.3, -0.25) is 4.79 Å². The van der Waals surface area contributed by atoms with Crippen LogP contribution in [0.15, 0.2) is 22.7 Å². The number of hydrogen-bond acceptors (Lipinski definition) is 3. The molecule has 0 aliphatic carbocycles. The number of nitrogens with zero attached hydrogens (tertiary/aromatic N) is 1. The van der Waals surface area contributed by atoms with Crippen molar-refractivity contribution in [2.75, 3.05) is 20.8 Å². The molecule has 0 radical (unpaired) electrons. The number of carbonyl (C=O) groups excluding carboxylic acids is 1. The lowest BCUT2D eigenvalue weighted by molar-refractivity contribution is -0.131. The summed E-state index contributed by atoms with van der Waals surface area (Å²) in [6, 6.07) is 5.68. The van der Waals surface area contributed by atoms with E-state index in [1.54, 1.807) is 19.1 Å². The molecule has 5 heteroatoms. The predicted octanol–water partition coefficient (Wildman–Crippen LogP) is 1.80. The van der Waals surface area contributed by atoms with E-state index in [4.69, 9.17) is 9.84 Å². The quantitative estimate of drug-likeness (QED) is 0.902. The molecule has 0 aliphatic rings. The van der Waals surface area contributed by atoms with Crippen LogP contribution in [0.5, 0.6) is 5.75 Å². The van der Waals surface area contributed by atoms with Crippen LogP contribution >= 0.6 is 15.9 Å². The van der Waals surface area contributed by atoms with Gasteiger partial charge in [-0.25, -0.2) is 0 Å². The number of amides is 1. The molecule has 0 aromatic heterocycles. The first kappa shape index (κ1) is 14.0. The molecule has 94 valence electrons. The second-order valence-corrected chi connectivity index (χ2v) is 4.55. The number of halogens is 1.